The molecule has 5 nitrogen and oxygen atoms in total. The van der Waals surface area contributed by atoms with E-state index in [1.807, 2.05) is 17.9 Å². The molecule has 1 amide bonds. The van der Waals surface area contributed by atoms with Crippen LogP contribution in [0.1, 0.15) is 31.7 Å². The van der Waals surface area contributed by atoms with Crippen LogP contribution in [-0.2, 0) is 18.4 Å². The molecule has 1 aromatic rings. The van der Waals surface area contributed by atoms with Crippen molar-refractivity contribution in [3.05, 3.63) is 18.0 Å². The standard InChI is InChI=1S/C13H22N4O/c1-11(18)14-6-5-13-4-3-7-17(13)10-12-8-15-16(2)9-12/h8-9,13H,3-7,10H2,1-2H3,(H,14,18)/t13-/m0/s1. The zero-order chi connectivity index (χ0) is 13.0. The number of nitrogens with one attached hydrogen (secondary N) is 1. The lowest BCUT2D eigenvalue weighted by Gasteiger charge is -2.23. The summed E-state index contributed by atoms with van der Waals surface area (Å²) in [6, 6.07) is 0.594. The Bertz CT molecular complexity index is 401. The van der Waals surface area contributed by atoms with Gasteiger partial charge in [-0.2, -0.15) is 5.10 Å². The number of hydrogen-bond donors (Lipinski definition) is 1. The van der Waals surface area contributed by atoms with Crippen LogP contribution >= 0.6 is 0 Å². The summed E-state index contributed by atoms with van der Waals surface area (Å²) >= 11 is 0. The molecule has 0 aliphatic carbocycles. The molecule has 5 heteroatoms. The average molecular weight is 250 g/mol. The van der Waals surface area contributed by atoms with E-state index in [0.29, 0.717) is 6.04 Å². The summed E-state index contributed by atoms with van der Waals surface area (Å²) in [6.07, 6.45) is 7.54. The maximum absolute atomic E-state index is 10.9. The SMILES string of the molecule is CC(=O)NCC[C@@H]1CCCN1Cc1cnn(C)c1. The van der Waals surface area contributed by atoms with E-state index in [-0.39, 0.29) is 5.91 Å². The lowest BCUT2D eigenvalue weighted by molar-refractivity contribution is -0.119. The quantitative estimate of drug-likeness (QED) is 0.845. The molecule has 0 spiro atoms. The number of hydrogen-bond acceptors (Lipinski definition) is 3. The Morgan fingerprint density at radius 1 is 1.61 bits per heavy atom. The second kappa shape index (κ2) is 6.00. The molecule has 1 N–H and O–H groups in total. The van der Waals surface area contributed by atoms with E-state index >= 15 is 0 Å². The van der Waals surface area contributed by atoms with Gasteiger partial charge >= 0.3 is 0 Å². The molecule has 0 radical (unpaired) electrons. The van der Waals surface area contributed by atoms with Gasteiger partial charge in [-0.3, -0.25) is 14.4 Å². The van der Waals surface area contributed by atoms with Crippen LogP contribution in [0.2, 0.25) is 0 Å². The fourth-order valence-electron chi connectivity index (χ4n) is 2.63. The van der Waals surface area contributed by atoms with Gasteiger partial charge in [0.15, 0.2) is 0 Å². The summed E-state index contributed by atoms with van der Waals surface area (Å²) in [7, 11) is 1.95. The Balaban J connectivity index is 1.81. The zero-order valence-corrected chi connectivity index (χ0v) is 11.2. The van der Waals surface area contributed by atoms with Crippen molar-refractivity contribution in [1.29, 1.82) is 0 Å². The number of nitrogens with zero attached hydrogens (tertiary/aromatic N) is 3. The van der Waals surface area contributed by atoms with E-state index in [4.69, 9.17) is 0 Å². The Labute approximate surface area is 108 Å². The fourth-order valence-corrected chi connectivity index (χ4v) is 2.63. The normalized spacial score (nSPS) is 20.2. The van der Waals surface area contributed by atoms with Gasteiger partial charge in [-0.15, -0.1) is 0 Å². The second-order valence-electron chi connectivity index (χ2n) is 5.06. The number of carbonyl (C=O) groups excluding carboxylic acids is 1. The van der Waals surface area contributed by atoms with Gasteiger partial charge in [0.05, 0.1) is 6.20 Å². The maximum Gasteiger partial charge on any atom is 0.216 e. The predicted molar refractivity (Wildman–Crippen MR) is 69.9 cm³/mol. The van der Waals surface area contributed by atoms with Gasteiger partial charge in [-0.25, -0.2) is 0 Å². The zero-order valence-electron chi connectivity index (χ0n) is 11.2. The van der Waals surface area contributed by atoms with Gasteiger partial charge in [-0.05, 0) is 25.8 Å². The van der Waals surface area contributed by atoms with Crippen LogP contribution in [-0.4, -0.2) is 39.7 Å². The molecular weight excluding hydrogens is 228 g/mol. The van der Waals surface area contributed by atoms with Gasteiger partial charge in [0.1, 0.15) is 0 Å². The average Bonchev–Trinajstić information content (AvgIpc) is 2.89. The molecule has 1 aliphatic rings. The van der Waals surface area contributed by atoms with Crippen LogP contribution in [0.4, 0.5) is 0 Å². The second-order valence-corrected chi connectivity index (χ2v) is 5.06. The summed E-state index contributed by atoms with van der Waals surface area (Å²) < 4.78 is 1.84. The van der Waals surface area contributed by atoms with Crippen molar-refractivity contribution in [3.63, 3.8) is 0 Å². The minimum absolute atomic E-state index is 0.0619. The minimum Gasteiger partial charge on any atom is -0.356 e. The molecule has 1 fully saturated rings. The minimum atomic E-state index is 0.0619. The molecule has 100 valence electrons. The fraction of sp³-hybridized carbons (Fsp3) is 0.692. The summed E-state index contributed by atoms with van der Waals surface area (Å²) in [5.41, 5.74) is 1.27. The van der Waals surface area contributed by atoms with Crippen LogP contribution in [0.15, 0.2) is 12.4 Å². The Hall–Kier alpha value is -1.36. The van der Waals surface area contributed by atoms with Gasteiger partial charge < -0.3 is 5.32 Å². The Kier molecular flexibility index (Phi) is 4.36. The highest BCUT2D eigenvalue weighted by Crippen LogP contribution is 2.21. The van der Waals surface area contributed by atoms with Gasteiger partial charge in [0, 0.05) is 44.9 Å². The summed E-state index contributed by atoms with van der Waals surface area (Å²) in [5, 5.41) is 7.08. The molecule has 0 saturated carbocycles. The first-order chi connectivity index (χ1) is 8.65. The topological polar surface area (TPSA) is 50.2 Å². The third kappa shape index (κ3) is 3.57. The molecule has 0 unspecified atom stereocenters. The van der Waals surface area contributed by atoms with Crippen molar-refractivity contribution in [2.75, 3.05) is 13.1 Å². The third-order valence-corrected chi connectivity index (χ3v) is 3.49. The van der Waals surface area contributed by atoms with Gasteiger partial charge in [0.25, 0.3) is 0 Å². The first-order valence-corrected chi connectivity index (χ1v) is 6.61. The van der Waals surface area contributed by atoms with Crippen LogP contribution in [0.25, 0.3) is 0 Å². The molecule has 18 heavy (non-hydrogen) atoms. The van der Waals surface area contributed by atoms with Crippen molar-refractivity contribution in [2.45, 2.75) is 38.8 Å². The van der Waals surface area contributed by atoms with Crippen LogP contribution in [0, 0.1) is 0 Å². The van der Waals surface area contributed by atoms with E-state index < -0.39 is 0 Å². The number of likely N-dealkylation sites (tertiary alicyclic amines) is 1. The molecule has 1 aromatic heterocycles. The van der Waals surface area contributed by atoms with E-state index in [0.717, 1.165) is 26.1 Å². The number of carbonyl (C=O) groups is 1. The molecule has 1 atom stereocenters. The molecule has 2 heterocycles. The van der Waals surface area contributed by atoms with E-state index in [1.165, 1.54) is 18.4 Å². The lowest BCUT2D eigenvalue weighted by Crippen LogP contribution is -2.33. The van der Waals surface area contributed by atoms with Crippen molar-refractivity contribution >= 4 is 5.91 Å². The molecule has 0 aromatic carbocycles. The highest BCUT2D eigenvalue weighted by Gasteiger charge is 2.24. The highest BCUT2D eigenvalue weighted by molar-refractivity contribution is 5.72. The molecule has 0 bridgehead atoms. The van der Waals surface area contributed by atoms with Gasteiger partial charge in [0.2, 0.25) is 5.91 Å². The number of rotatable bonds is 5. The lowest BCUT2D eigenvalue weighted by atomic mass is 10.1. The smallest absolute Gasteiger partial charge is 0.216 e. The Morgan fingerprint density at radius 3 is 3.11 bits per heavy atom. The highest BCUT2D eigenvalue weighted by atomic mass is 16.1. The summed E-state index contributed by atoms with van der Waals surface area (Å²) in [5.74, 6) is 0.0619. The molecule has 1 saturated heterocycles. The third-order valence-electron chi connectivity index (χ3n) is 3.49. The van der Waals surface area contributed by atoms with Crippen molar-refractivity contribution in [2.24, 2.45) is 7.05 Å². The largest absolute Gasteiger partial charge is 0.356 e. The molecule has 2 rings (SSSR count). The van der Waals surface area contributed by atoms with Crippen molar-refractivity contribution < 1.29 is 4.79 Å². The number of amides is 1. The van der Waals surface area contributed by atoms with Crippen LogP contribution in [0.3, 0.4) is 0 Å². The first-order valence-electron chi connectivity index (χ1n) is 6.61. The molecule has 1 aliphatic heterocycles. The summed E-state index contributed by atoms with van der Waals surface area (Å²) in [6.45, 7) is 4.48. The molecular formula is C13H22N4O. The van der Waals surface area contributed by atoms with E-state index in [2.05, 4.69) is 21.5 Å². The number of aromatic nitrogens is 2. The predicted octanol–water partition coefficient (Wildman–Crippen LogP) is 0.911. The monoisotopic (exact) mass is 250 g/mol. The van der Waals surface area contributed by atoms with Crippen molar-refractivity contribution in [3.8, 4) is 0 Å². The number of aryl methyl sites for hydroxylation is 1. The summed E-state index contributed by atoms with van der Waals surface area (Å²) in [4.78, 5) is 13.4. The van der Waals surface area contributed by atoms with Crippen molar-refractivity contribution in [1.82, 2.24) is 20.0 Å². The van der Waals surface area contributed by atoms with Crippen LogP contribution in [0.5, 0.6) is 0 Å². The maximum atomic E-state index is 10.9. The Morgan fingerprint density at radius 2 is 2.44 bits per heavy atom. The van der Waals surface area contributed by atoms with Crippen LogP contribution < -0.4 is 5.32 Å². The van der Waals surface area contributed by atoms with E-state index in [1.54, 1.807) is 6.92 Å². The van der Waals surface area contributed by atoms with E-state index in [9.17, 15) is 4.79 Å². The first kappa shape index (κ1) is 13.1. The van der Waals surface area contributed by atoms with Gasteiger partial charge in [-0.1, -0.05) is 0 Å².